The first-order valence-corrected chi connectivity index (χ1v) is 8.85. The van der Waals surface area contributed by atoms with Crippen LogP contribution in [0.25, 0.3) is 0 Å². The number of thioether (sulfide) groups is 1. The Kier molecular flexibility index (Phi) is 7.18. The number of aryl methyl sites for hydroxylation is 1. The number of hydrogen-bond acceptors (Lipinski definition) is 7. The molecular formula is C18H18N2O6S. The number of nitro groups is 1. The van der Waals surface area contributed by atoms with E-state index in [-0.39, 0.29) is 11.4 Å². The first-order chi connectivity index (χ1) is 12.9. The molecule has 1 N–H and O–H groups in total. The molecule has 0 aliphatic carbocycles. The quantitative estimate of drug-likeness (QED) is 0.319. The number of nitrogens with one attached hydrogen (secondary N) is 1. The summed E-state index contributed by atoms with van der Waals surface area (Å²) >= 11 is 1.16. The normalized spacial score (nSPS) is 10.1. The number of carbonyl (C=O) groups is 2. The minimum Gasteiger partial charge on any atom is -0.495 e. The monoisotopic (exact) mass is 390 g/mol. The highest BCUT2D eigenvalue weighted by Gasteiger charge is 2.12. The second-order valence-electron chi connectivity index (χ2n) is 5.45. The molecule has 27 heavy (non-hydrogen) atoms. The van der Waals surface area contributed by atoms with Crippen LogP contribution in [-0.2, 0) is 14.3 Å². The van der Waals surface area contributed by atoms with E-state index in [1.807, 2.05) is 13.0 Å². The molecule has 2 aromatic carbocycles. The van der Waals surface area contributed by atoms with Gasteiger partial charge in [-0.2, -0.15) is 0 Å². The van der Waals surface area contributed by atoms with Crippen molar-refractivity contribution < 1.29 is 24.0 Å². The molecule has 0 fully saturated rings. The number of hydrogen-bond donors (Lipinski definition) is 1. The van der Waals surface area contributed by atoms with Crippen LogP contribution in [0, 0.1) is 17.0 Å². The smallest absolute Gasteiger partial charge is 0.316 e. The maximum atomic E-state index is 12.0. The number of methoxy groups -OCH3 is 1. The lowest BCUT2D eigenvalue weighted by Gasteiger charge is -2.11. The maximum absolute atomic E-state index is 12.0. The Labute approximate surface area is 160 Å². The van der Waals surface area contributed by atoms with Gasteiger partial charge in [0.25, 0.3) is 11.6 Å². The minimum absolute atomic E-state index is 0.0150. The van der Waals surface area contributed by atoms with Crippen molar-refractivity contribution in [3.05, 3.63) is 58.1 Å². The fourth-order valence-electron chi connectivity index (χ4n) is 2.10. The summed E-state index contributed by atoms with van der Waals surface area (Å²) in [5.41, 5.74) is 1.42. The molecule has 2 rings (SSSR count). The van der Waals surface area contributed by atoms with Gasteiger partial charge in [-0.15, -0.1) is 11.8 Å². The Morgan fingerprint density at radius 2 is 1.89 bits per heavy atom. The van der Waals surface area contributed by atoms with E-state index in [1.165, 1.54) is 19.2 Å². The Morgan fingerprint density at radius 3 is 2.52 bits per heavy atom. The van der Waals surface area contributed by atoms with Gasteiger partial charge in [0, 0.05) is 17.0 Å². The number of nitrogens with zero attached hydrogens (tertiary/aromatic N) is 1. The molecule has 2 aromatic rings. The van der Waals surface area contributed by atoms with Gasteiger partial charge < -0.3 is 14.8 Å². The fraction of sp³-hybridized carbons (Fsp3) is 0.222. The van der Waals surface area contributed by atoms with E-state index in [1.54, 1.807) is 24.3 Å². The number of amides is 1. The Morgan fingerprint density at radius 1 is 1.19 bits per heavy atom. The zero-order valence-corrected chi connectivity index (χ0v) is 15.6. The highest BCUT2D eigenvalue weighted by Crippen LogP contribution is 2.25. The van der Waals surface area contributed by atoms with Crippen LogP contribution in [0.3, 0.4) is 0 Å². The number of benzene rings is 2. The molecule has 0 unspecified atom stereocenters. The zero-order valence-electron chi connectivity index (χ0n) is 14.8. The van der Waals surface area contributed by atoms with Crippen molar-refractivity contribution in [3.8, 4) is 5.75 Å². The van der Waals surface area contributed by atoms with E-state index in [9.17, 15) is 19.7 Å². The molecule has 0 aromatic heterocycles. The van der Waals surface area contributed by atoms with Gasteiger partial charge in [0.05, 0.1) is 23.5 Å². The van der Waals surface area contributed by atoms with Gasteiger partial charge in [-0.1, -0.05) is 6.07 Å². The summed E-state index contributed by atoms with van der Waals surface area (Å²) in [6.45, 7) is 1.46. The summed E-state index contributed by atoms with van der Waals surface area (Å²) in [5.74, 6) is -0.551. The highest BCUT2D eigenvalue weighted by atomic mass is 32.2. The molecule has 142 valence electrons. The summed E-state index contributed by atoms with van der Waals surface area (Å²) in [5, 5.41) is 13.2. The Bertz CT molecular complexity index is 838. The van der Waals surface area contributed by atoms with Gasteiger partial charge in [-0.3, -0.25) is 19.7 Å². The average molecular weight is 390 g/mol. The molecule has 0 heterocycles. The van der Waals surface area contributed by atoms with Crippen LogP contribution < -0.4 is 10.1 Å². The van der Waals surface area contributed by atoms with E-state index in [4.69, 9.17) is 9.47 Å². The Balaban J connectivity index is 1.79. The molecule has 0 aliphatic heterocycles. The van der Waals surface area contributed by atoms with Crippen LogP contribution in [0.5, 0.6) is 5.75 Å². The molecule has 0 saturated heterocycles. The third-order valence-electron chi connectivity index (χ3n) is 3.40. The molecule has 0 radical (unpaired) electrons. The molecule has 8 nitrogen and oxygen atoms in total. The molecule has 0 bridgehead atoms. The lowest BCUT2D eigenvalue weighted by molar-refractivity contribution is -0.384. The van der Waals surface area contributed by atoms with Crippen LogP contribution in [0.4, 0.5) is 11.4 Å². The number of non-ortho nitro benzene ring substituents is 1. The van der Waals surface area contributed by atoms with Crippen LogP contribution in [-0.4, -0.2) is 36.3 Å². The van der Waals surface area contributed by atoms with Crippen LogP contribution in [0.15, 0.2) is 47.4 Å². The molecule has 9 heteroatoms. The Hall–Kier alpha value is -3.07. The van der Waals surface area contributed by atoms with Crippen molar-refractivity contribution in [1.82, 2.24) is 0 Å². The highest BCUT2D eigenvalue weighted by molar-refractivity contribution is 8.00. The van der Waals surface area contributed by atoms with Gasteiger partial charge in [0.1, 0.15) is 5.75 Å². The predicted octanol–water partition coefficient (Wildman–Crippen LogP) is 3.19. The number of esters is 1. The van der Waals surface area contributed by atoms with Crippen molar-refractivity contribution in [1.29, 1.82) is 0 Å². The summed E-state index contributed by atoms with van der Waals surface area (Å²) in [7, 11) is 1.50. The van der Waals surface area contributed by atoms with Gasteiger partial charge in [0.2, 0.25) is 0 Å². The molecule has 0 spiro atoms. The molecule has 0 atom stereocenters. The van der Waals surface area contributed by atoms with Gasteiger partial charge >= 0.3 is 5.97 Å². The van der Waals surface area contributed by atoms with Gasteiger partial charge in [0.15, 0.2) is 6.61 Å². The van der Waals surface area contributed by atoms with E-state index in [0.717, 1.165) is 17.3 Å². The summed E-state index contributed by atoms with van der Waals surface area (Å²) in [6.07, 6.45) is 0. The van der Waals surface area contributed by atoms with Crippen molar-refractivity contribution >= 4 is 35.0 Å². The van der Waals surface area contributed by atoms with Crippen LogP contribution in [0.1, 0.15) is 5.56 Å². The second-order valence-corrected chi connectivity index (χ2v) is 6.50. The lowest BCUT2D eigenvalue weighted by Crippen LogP contribution is -2.22. The predicted molar refractivity (Wildman–Crippen MR) is 101 cm³/mol. The number of ether oxygens (including phenoxy) is 2. The first-order valence-electron chi connectivity index (χ1n) is 7.86. The third-order valence-corrected chi connectivity index (χ3v) is 4.38. The van der Waals surface area contributed by atoms with Crippen LogP contribution >= 0.6 is 11.8 Å². The van der Waals surface area contributed by atoms with E-state index in [2.05, 4.69) is 5.32 Å². The standard InChI is InChI=1S/C18H18N2O6S/c1-12-3-8-16(25-2)15(9-12)19-17(21)10-26-18(22)11-27-14-6-4-13(5-7-14)20(23)24/h3-9H,10-11H2,1-2H3,(H,19,21). The summed E-state index contributed by atoms with van der Waals surface area (Å²) < 4.78 is 10.1. The second kappa shape index (κ2) is 9.58. The average Bonchev–Trinajstić information content (AvgIpc) is 2.65. The molecule has 0 aliphatic rings. The minimum atomic E-state index is -0.565. The summed E-state index contributed by atoms with van der Waals surface area (Å²) in [4.78, 5) is 34.5. The van der Waals surface area contributed by atoms with E-state index >= 15 is 0 Å². The lowest BCUT2D eigenvalue weighted by atomic mass is 10.2. The summed E-state index contributed by atoms with van der Waals surface area (Å²) in [6, 6.07) is 11.1. The number of nitro benzene ring substituents is 1. The van der Waals surface area contributed by atoms with Gasteiger partial charge in [-0.05, 0) is 36.8 Å². The van der Waals surface area contributed by atoms with Gasteiger partial charge in [-0.25, -0.2) is 0 Å². The third kappa shape index (κ3) is 6.30. The van der Waals surface area contributed by atoms with E-state index in [0.29, 0.717) is 16.3 Å². The van der Waals surface area contributed by atoms with E-state index < -0.39 is 23.4 Å². The first kappa shape index (κ1) is 20.2. The van der Waals surface area contributed by atoms with Crippen molar-refractivity contribution in [2.24, 2.45) is 0 Å². The zero-order chi connectivity index (χ0) is 19.8. The van der Waals surface area contributed by atoms with Crippen molar-refractivity contribution in [2.75, 3.05) is 24.8 Å². The molecular weight excluding hydrogens is 372 g/mol. The maximum Gasteiger partial charge on any atom is 0.316 e. The largest absolute Gasteiger partial charge is 0.495 e. The van der Waals surface area contributed by atoms with Crippen LogP contribution in [0.2, 0.25) is 0 Å². The fourth-order valence-corrected chi connectivity index (χ4v) is 2.80. The number of rotatable bonds is 8. The number of anilines is 1. The number of carbonyl (C=O) groups excluding carboxylic acids is 2. The van der Waals surface area contributed by atoms with Crippen molar-refractivity contribution in [2.45, 2.75) is 11.8 Å². The SMILES string of the molecule is COc1ccc(C)cc1NC(=O)COC(=O)CSc1ccc([N+](=O)[O-])cc1. The molecule has 1 amide bonds. The topological polar surface area (TPSA) is 108 Å². The molecule has 0 saturated carbocycles. The van der Waals surface area contributed by atoms with Crippen molar-refractivity contribution in [3.63, 3.8) is 0 Å².